The highest BCUT2D eigenvalue weighted by Gasteiger charge is 2.23. The van der Waals surface area contributed by atoms with Crippen molar-refractivity contribution in [1.82, 2.24) is 4.90 Å². The van der Waals surface area contributed by atoms with E-state index in [9.17, 15) is 9.59 Å². The molecule has 0 fully saturated rings. The van der Waals surface area contributed by atoms with Gasteiger partial charge in [-0.25, -0.2) is 9.59 Å². The van der Waals surface area contributed by atoms with Crippen molar-refractivity contribution >= 4 is 11.9 Å². The van der Waals surface area contributed by atoms with Crippen molar-refractivity contribution in [2.75, 3.05) is 6.54 Å². The van der Waals surface area contributed by atoms with E-state index in [1.54, 1.807) is 0 Å². The van der Waals surface area contributed by atoms with Crippen LogP contribution in [0.5, 0.6) is 5.75 Å². The van der Waals surface area contributed by atoms with Gasteiger partial charge in [0, 0.05) is 35.7 Å². The number of hydrogen-bond donors (Lipinski definition) is 1. The Morgan fingerprint density at radius 1 is 1.00 bits per heavy atom. The predicted octanol–water partition coefficient (Wildman–Crippen LogP) is 5.44. The Labute approximate surface area is 191 Å². The lowest BCUT2D eigenvalue weighted by atomic mass is 9.86. The average molecular weight is 438 g/mol. The molecule has 2 aromatic carbocycles. The topological polar surface area (TPSA) is 66.8 Å². The molecule has 0 amide bonds. The number of nitrogens with zero attached hydrogens (tertiary/aromatic N) is 1. The predicted molar refractivity (Wildman–Crippen MR) is 128 cm³/mol. The fraction of sp³-hybridized carbons (Fsp3) is 0.407. The van der Waals surface area contributed by atoms with Gasteiger partial charge in [-0.05, 0) is 64.3 Å². The molecule has 2 rings (SSSR count). The van der Waals surface area contributed by atoms with E-state index in [0.29, 0.717) is 17.8 Å². The van der Waals surface area contributed by atoms with E-state index >= 15 is 0 Å². The largest absolute Gasteiger partial charge is 0.478 e. The molecule has 0 aromatic heterocycles. The lowest BCUT2D eigenvalue weighted by Gasteiger charge is -2.32. The number of carboxylic acids is 1. The minimum Gasteiger partial charge on any atom is -0.478 e. The summed E-state index contributed by atoms with van der Waals surface area (Å²) < 4.78 is 5.60. The molecule has 172 valence electrons. The Hall–Kier alpha value is -2.92. The number of carbonyl (C=O) groups excluding carboxylic acids is 1. The molecule has 0 heterocycles. The van der Waals surface area contributed by atoms with Gasteiger partial charge < -0.3 is 9.84 Å². The van der Waals surface area contributed by atoms with Crippen molar-refractivity contribution in [3.63, 3.8) is 0 Å². The molecule has 0 aliphatic heterocycles. The molecular formula is C27H35NO4. The summed E-state index contributed by atoms with van der Waals surface area (Å²) in [5.41, 5.74) is 3.26. The normalized spacial score (nSPS) is 12.6. The van der Waals surface area contributed by atoms with Crippen molar-refractivity contribution in [1.29, 1.82) is 0 Å². The molecule has 5 nitrogen and oxygen atoms in total. The molecular weight excluding hydrogens is 402 g/mol. The zero-order valence-electron chi connectivity index (χ0n) is 19.7. The molecule has 0 saturated carbocycles. The summed E-state index contributed by atoms with van der Waals surface area (Å²) >= 11 is 0. The van der Waals surface area contributed by atoms with Gasteiger partial charge in [0.15, 0.2) is 0 Å². The van der Waals surface area contributed by atoms with Crippen LogP contribution >= 0.6 is 0 Å². The molecule has 1 N–H and O–H groups in total. The van der Waals surface area contributed by atoms with Gasteiger partial charge in [-0.15, -0.1) is 0 Å². The molecule has 32 heavy (non-hydrogen) atoms. The first-order valence-electron chi connectivity index (χ1n) is 11.3. The summed E-state index contributed by atoms with van der Waals surface area (Å²) in [6.07, 6.45) is 3.46. The maximum Gasteiger partial charge on any atom is 0.336 e. The Kier molecular flexibility index (Phi) is 9.66. The van der Waals surface area contributed by atoms with Gasteiger partial charge in [0.1, 0.15) is 5.75 Å². The summed E-state index contributed by atoms with van der Waals surface area (Å²) in [4.78, 5) is 25.5. The van der Waals surface area contributed by atoms with Crippen LogP contribution < -0.4 is 4.74 Å². The molecule has 0 unspecified atom stereocenters. The van der Waals surface area contributed by atoms with Crippen LogP contribution in [0.3, 0.4) is 0 Å². The van der Waals surface area contributed by atoms with Crippen LogP contribution in [0.4, 0.5) is 0 Å². The van der Waals surface area contributed by atoms with Crippen LogP contribution in [-0.2, 0) is 16.0 Å². The van der Waals surface area contributed by atoms with Gasteiger partial charge in [0.05, 0.1) is 0 Å². The standard InChI is InChI=1S/C27H35NO4/c1-6-21-12-13-25(32-27(31)15-14-26(29)30)24(18-21)23(22-10-8-7-9-11-22)16-17-28(19(2)3)20(4)5/h7-15,18-20,23H,6,16-17H2,1-5H3,(H,29,30)/b15-14+/t23-/m1/s1. The summed E-state index contributed by atoms with van der Waals surface area (Å²) in [7, 11) is 0. The van der Waals surface area contributed by atoms with Gasteiger partial charge in [-0.2, -0.15) is 0 Å². The van der Waals surface area contributed by atoms with E-state index in [-0.39, 0.29) is 5.92 Å². The summed E-state index contributed by atoms with van der Waals surface area (Å²) in [6.45, 7) is 11.8. The molecule has 0 spiro atoms. The molecule has 0 aliphatic carbocycles. The van der Waals surface area contributed by atoms with E-state index in [4.69, 9.17) is 9.84 Å². The maximum atomic E-state index is 12.2. The van der Waals surface area contributed by atoms with Crippen LogP contribution in [0.25, 0.3) is 0 Å². The zero-order valence-corrected chi connectivity index (χ0v) is 19.7. The van der Waals surface area contributed by atoms with Crippen molar-refractivity contribution in [2.45, 2.75) is 65.5 Å². The fourth-order valence-corrected chi connectivity index (χ4v) is 4.04. The quantitative estimate of drug-likeness (QED) is 0.288. The first-order valence-corrected chi connectivity index (χ1v) is 11.3. The first kappa shape index (κ1) is 25.3. The third-order valence-electron chi connectivity index (χ3n) is 5.63. The average Bonchev–Trinajstić information content (AvgIpc) is 2.76. The SMILES string of the molecule is CCc1ccc(OC(=O)/C=C/C(=O)O)c([C@H](CCN(C(C)C)C(C)C)c2ccccc2)c1. The van der Waals surface area contributed by atoms with Gasteiger partial charge in [-0.1, -0.05) is 49.4 Å². The number of aryl methyl sites for hydroxylation is 1. The molecule has 1 atom stereocenters. The number of ether oxygens (including phenoxy) is 1. The van der Waals surface area contributed by atoms with Gasteiger partial charge >= 0.3 is 11.9 Å². The van der Waals surface area contributed by atoms with Crippen LogP contribution in [-0.4, -0.2) is 40.6 Å². The minimum absolute atomic E-state index is 0.0361. The smallest absolute Gasteiger partial charge is 0.336 e. The number of carboxylic acid groups (broad SMARTS) is 1. The Balaban J connectivity index is 2.46. The maximum absolute atomic E-state index is 12.2. The Morgan fingerprint density at radius 2 is 1.66 bits per heavy atom. The van der Waals surface area contributed by atoms with Gasteiger partial charge in [0.25, 0.3) is 0 Å². The van der Waals surface area contributed by atoms with E-state index in [1.165, 1.54) is 0 Å². The lowest BCUT2D eigenvalue weighted by molar-refractivity contribution is -0.133. The number of aliphatic carboxylic acids is 1. The monoisotopic (exact) mass is 437 g/mol. The molecule has 0 radical (unpaired) electrons. The van der Waals surface area contributed by atoms with Crippen LogP contribution in [0.2, 0.25) is 0 Å². The van der Waals surface area contributed by atoms with Crippen LogP contribution in [0, 0.1) is 0 Å². The Bertz CT molecular complexity index is 911. The first-order chi connectivity index (χ1) is 15.2. The third-order valence-corrected chi connectivity index (χ3v) is 5.63. The number of benzene rings is 2. The number of carbonyl (C=O) groups is 2. The second kappa shape index (κ2) is 12.2. The second-order valence-corrected chi connectivity index (χ2v) is 8.50. The lowest BCUT2D eigenvalue weighted by Crippen LogP contribution is -2.38. The second-order valence-electron chi connectivity index (χ2n) is 8.50. The highest BCUT2D eigenvalue weighted by molar-refractivity contribution is 5.91. The van der Waals surface area contributed by atoms with E-state index in [2.05, 4.69) is 57.7 Å². The summed E-state index contributed by atoms with van der Waals surface area (Å²) in [6, 6.07) is 17.0. The van der Waals surface area contributed by atoms with Crippen LogP contribution in [0.15, 0.2) is 60.7 Å². The summed E-state index contributed by atoms with van der Waals surface area (Å²) in [5.74, 6) is -1.38. The number of rotatable bonds is 11. The molecule has 0 bridgehead atoms. The van der Waals surface area contributed by atoms with Crippen molar-refractivity contribution in [2.24, 2.45) is 0 Å². The van der Waals surface area contributed by atoms with Crippen molar-refractivity contribution < 1.29 is 19.4 Å². The van der Waals surface area contributed by atoms with Gasteiger partial charge in [-0.3, -0.25) is 4.90 Å². The van der Waals surface area contributed by atoms with Crippen molar-refractivity contribution in [3.05, 3.63) is 77.4 Å². The minimum atomic E-state index is -1.19. The third kappa shape index (κ3) is 7.34. The summed E-state index contributed by atoms with van der Waals surface area (Å²) in [5, 5.41) is 8.80. The fourth-order valence-electron chi connectivity index (χ4n) is 4.04. The van der Waals surface area contributed by atoms with Gasteiger partial charge in [0.2, 0.25) is 0 Å². The number of hydrogen-bond acceptors (Lipinski definition) is 4. The number of esters is 1. The molecule has 0 saturated heterocycles. The van der Waals surface area contributed by atoms with Crippen LogP contribution in [0.1, 0.15) is 63.6 Å². The molecule has 2 aromatic rings. The highest BCUT2D eigenvalue weighted by atomic mass is 16.5. The van der Waals surface area contributed by atoms with E-state index in [1.807, 2.05) is 30.3 Å². The van der Waals surface area contributed by atoms with E-state index < -0.39 is 11.9 Å². The zero-order chi connectivity index (χ0) is 23.7. The Morgan fingerprint density at radius 3 is 2.22 bits per heavy atom. The molecule has 5 heteroatoms. The van der Waals surface area contributed by atoms with E-state index in [0.717, 1.165) is 48.2 Å². The molecule has 0 aliphatic rings. The van der Waals surface area contributed by atoms with Crippen molar-refractivity contribution in [3.8, 4) is 5.75 Å². The highest BCUT2D eigenvalue weighted by Crippen LogP contribution is 2.36.